The lowest BCUT2D eigenvalue weighted by atomic mass is 9.96. The Morgan fingerprint density at radius 3 is 2.62 bits per heavy atom. The Kier molecular flexibility index (Phi) is 4.69. The van der Waals surface area contributed by atoms with Crippen molar-refractivity contribution in [2.75, 3.05) is 31.1 Å². The molecule has 24 heavy (non-hydrogen) atoms. The van der Waals surface area contributed by atoms with Gasteiger partial charge in [0.15, 0.2) is 6.61 Å². The van der Waals surface area contributed by atoms with Crippen LogP contribution in [-0.2, 0) is 14.4 Å². The average molecular weight is 331 g/mol. The van der Waals surface area contributed by atoms with Crippen LogP contribution in [0.15, 0.2) is 24.3 Å². The van der Waals surface area contributed by atoms with Gasteiger partial charge in [-0.3, -0.25) is 14.4 Å². The quantitative estimate of drug-likeness (QED) is 0.871. The summed E-state index contributed by atoms with van der Waals surface area (Å²) < 4.78 is 5.39. The third kappa shape index (κ3) is 3.34. The second-order valence-electron chi connectivity index (χ2n) is 6.11. The van der Waals surface area contributed by atoms with E-state index in [2.05, 4.69) is 0 Å². The highest BCUT2D eigenvalue weighted by Crippen LogP contribution is 2.31. The standard InChI is InChI=1S/C17H21N3O4/c18-17(23)12-5-8-19(9-6-12)15(21)7-10-20-13-3-1-2-4-14(13)24-11-16(20)22/h1-4,12H,5-11H2,(H2,18,23). The van der Waals surface area contributed by atoms with Gasteiger partial charge in [0.05, 0.1) is 5.69 Å². The molecular formula is C17H21N3O4. The van der Waals surface area contributed by atoms with E-state index in [4.69, 9.17) is 10.5 Å². The van der Waals surface area contributed by atoms with Gasteiger partial charge in [-0.05, 0) is 25.0 Å². The zero-order valence-corrected chi connectivity index (χ0v) is 13.4. The van der Waals surface area contributed by atoms with Crippen molar-refractivity contribution >= 4 is 23.4 Å². The van der Waals surface area contributed by atoms with Gasteiger partial charge in [0.1, 0.15) is 5.75 Å². The summed E-state index contributed by atoms with van der Waals surface area (Å²) in [5.74, 6) is 0.0785. The number of para-hydroxylation sites is 2. The number of carbonyl (C=O) groups is 3. The minimum absolute atomic E-state index is 0.00475. The molecule has 0 unspecified atom stereocenters. The highest BCUT2D eigenvalue weighted by molar-refractivity contribution is 5.98. The fraction of sp³-hybridized carbons (Fsp3) is 0.471. The molecule has 2 N–H and O–H groups in total. The van der Waals surface area contributed by atoms with Crippen molar-refractivity contribution in [3.8, 4) is 5.75 Å². The number of hydrogen-bond donors (Lipinski definition) is 1. The minimum Gasteiger partial charge on any atom is -0.482 e. The smallest absolute Gasteiger partial charge is 0.265 e. The SMILES string of the molecule is NC(=O)C1CCN(C(=O)CCN2C(=O)COc3ccccc32)CC1. The molecule has 0 radical (unpaired) electrons. The summed E-state index contributed by atoms with van der Waals surface area (Å²) in [6.45, 7) is 1.41. The molecule has 0 bridgehead atoms. The first-order chi connectivity index (χ1) is 11.6. The minimum atomic E-state index is -0.294. The van der Waals surface area contributed by atoms with Gasteiger partial charge in [-0.2, -0.15) is 0 Å². The first kappa shape index (κ1) is 16.3. The Morgan fingerprint density at radius 2 is 1.92 bits per heavy atom. The highest BCUT2D eigenvalue weighted by atomic mass is 16.5. The number of piperidine rings is 1. The lowest BCUT2D eigenvalue weighted by Gasteiger charge is -2.32. The molecule has 2 aliphatic heterocycles. The van der Waals surface area contributed by atoms with Crippen LogP contribution in [0, 0.1) is 5.92 Å². The number of hydrogen-bond acceptors (Lipinski definition) is 4. The fourth-order valence-corrected chi connectivity index (χ4v) is 3.18. The maximum absolute atomic E-state index is 12.4. The Morgan fingerprint density at radius 1 is 1.21 bits per heavy atom. The molecule has 0 spiro atoms. The molecule has 1 aromatic carbocycles. The molecule has 0 saturated carbocycles. The summed E-state index contributed by atoms with van der Waals surface area (Å²) in [6, 6.07) is 7.31. The van der Waals surface area contributed by atoms with Crippen LogP contribution in [-0.4, -0.2) is 48.9 Å². The van der Waals surface area contributed by atoms with Crippen LogP contribution >= 0.6 is 0 Å². The van der Waals surface area contributed by atoms with E-state index >= 15 is 0 Å². The van der Waals surface area contributed by atoms with E-state index in [1.54, 1.807) is 9.80 Å². The van der Waals surface area contributed by atoms with Crippen molar-refractivity contribution in [3.05, 3.63) is 24.3 Å². The molecule has 7 heteroatoms. The zero-order valence-electron chi connectivity index (χ0n) is 13.4. The number of rotatable bonds is 4. The predicted octanol–water partition coefficient (Wildman–Crippen LogP) is 0.526. The number of likely N-dealkylation sites (tertiary alicyclic amines) is 1. The third-order valence-electron chi connectivity index (χ3n) is 4.61. The molecule has 0 aromatic heterocycles. The Balaban J connectivity index is 1.57. The van der Waals surface area contributed by atoms with E-state index in [1.165, 1.54) is 0 Å². The average Bonchev–Trinajstić information content (AvgIpc) is 2.60. The highest BCUT2D eigenvalue weighted by Gasteiger charge is 2.28. The van der Waals surface area contributed by atoms with E-state index < -0.39 is 0 Å². The first-order valence-electron chi connectivity index (χ1n) is 8.15. The topological polar surface area (TPSA) is 92.9 Å². The number of benzene rings is 1. The molecule has 1 fully saturated rings. The van der Waals surface area contributed by atoms with Crippen molar-refractivity contribution in [2.45, 2.75) is 19.3 Å². The number of primary amides is 1. The molecule has 0 atom stereocenters. The van der Waals surface area contributed by atoms with E-state index in [-0.39, 0.29) is 36.7 Å². The molecule has 1 saturated heterocycles. The maximum Gasteiger partial charge on any atom is 0.265 e. The van der Waals surface area contributed by atoms with Crippen molar-refractivity contribution in [1.82, 2.24) is 4.90 Å². The van der Waals surface area contributed by atoms with E-state index in [1.807, 2.05) is 24.3 Å². The number of anilines is 1. The van der Waals surface area contributed by atoms with Crippen molar-refractivity contribution < 1.29 is 19.1 Å². The van der Waals surface area contributed by atoms with Crippen LogP contribution < -0.4 is 15.4 Å². The monoisotopic (exact) mass is 331 g/mol. The van der Waals surface area contributed by atoms with Crippen LogP contribution in [0.4, 0.5) is 5.69 Å². The predicted molar refractivity (Wildman–Crippen MR) is 87.4 cm³/mol. The molecule has 1 aromatic rings. The Bertz CT molecular complexity index is 653. The van der Waals surface area contributed by atoms with Crippen LogP contribution in [0.3, 0.4) is 0 Å². The number of carbonyl (C=O) groups excluding carboxylic acids is 3. The van der Waals surface area contributed by atoms with Crippen LogP contribution in [0.25, 0.3) is 0 Å². The first-order valence-corrected chi connectivity index (χ1v) is 8.15. The zero-order chi connectivity index (χ0) is 17.1. The lowest BCUT2D eigenvalue weighted by Crippen LogP contribution is -2.44. The molecule has 2 aliphatic rings. The van der Waals surface area contributed by atoms with Gasteiger partial charge in [0.25, 0.3) is 5.91 Å². The van der Waals surface area contributed by atoms with Gasteiger partial charge in [-0.25, -0.2) is 0 Å². The Hall–Kier alpha value is -2.57. The summed E-state index contributed by atoms with van der Waals surface area (Å²) in [4.78, 5) is 39.0. The second kappa shape index (κ2) is 6.90. The normalized spacial score (nSPS) is 18.1. The van der Waals surface area contributed by atoms with Gasteiger partial charge in [-0.15, -0.1) is 0 Å². The Labute approximate surface area is 140 Å². The molecular weight excluding hydrogens is 310 g/mol. The van der Waals surface area contributed by atoms with Crippen LogP contribution in [0.1, 0.15) is 19.3 Å². The van der Waals surface area contributed by atoms with Gasteiger partial charge < -0.3 is 20.3 Å². The molecule has 3 amide bonds. The molecule has 2 heterocycles. The number of ether oxygens (including phenoxy) is 1. The number of amides is 3. The summed E-state index contributed by atoms with van der Waals surface area (Å²) in [5, 5.41) is 0. The van der Waals surface area contributed by atoms with E-state index in [0.29, 0.717) is 43.9 Å². The van der Waals surface area contributed by atoms with Gasteiger partial charge in [0.2, 0.25) is 11.8 Å². The molecule has 3 rings (SSSR count). The largest absolute Gasteiger partial charge is 0.482 e. The third-order valence-corrected chi connectivity index (χ3v) is 4.61. The molecule has 7 nitrogen and oxygen atoms in total. The van der Waals surface area contributed by atoms with E-state index in [0.717, 1.165) is 0 Å². The van der Waals surface area contributed by atoms with Crippen LogP contribution in [0.2, 0.25) is 0 Å². The van der Waals surface area contributed by atoms with Gasteiger partial charge >= 0.3 is 0 Å². The summed E-state index contributed by atoms with van der Waals surface area (Å²) in [6.07, 6.45) is 1.47. The van der Waals surface area contributed by atoms with Crippen molar-refractivity contribution in [2.24, 2.45) is 11.7 Å². The second-order valence-corrected chi connectivity index (χ2v) is 6.11. The van der Waals surface area contributed by atoms with Crippen molar-refractivity contribution in [1.29, 1.82) is 0 Å². The summed E-state index contributed by atoms with van der Waals surface area (Å²) >= 11 is 0. The number of nitrogens with two attached hydrogens (primary N) is 1. The van der Waals surface area contributed by atoms with Crippen LogP contribution in [0.5, 0.6) is 5.75 Å². The maximum atomic E-state index is 12.4. The lowest BCUT2D eigenvalue weighted by molar-refractivity contribution is -0.134. The fourth-order valence-electron chi connectivity index (χ4n) is 3.18. The summed E-state index contributed by atoms with van der Waals surface area (Å²) in [5.41, 5.74) is 6.01. The van der Waals surface area contributed by atoms with Gasteiger partial charge in [0, 0.05) is 32.0 Å². The van der Waals surface area contributed by atoms with E-state index in [9.17, 15) is 14.4 Å². The van der Waals surface area contributed by atoms with Gasteiger partial charge in [-0.1, -0.05) is 12.1 Å². The van der Waals surface area contributed by atoms with Crippen molar-refractivity contribution in [3.63, 3.8) is 0 Å². The number of nitrogens with zero attached hydrogens (tertiary/aromatic N) is 2. The molecule has 0 aliphatic carbocycles. The molecule has 128 valence electrons. The number of fused-ring (bicyclic) bond motifs is 1. The summed E-state index contributed by atoms with van der Waals surface area (Å²) in [7, 11) is 0.